The Morgan fingerprint density at radius 1 is 1.00 bits per heavy atom. The molecule has 0 unspecified atom stereocenters. The molecule has 0 radical (unpaired) electrons. The summed E-state index contributed by atoms with van der Waals surface area (Å²) in [6, 6.07) is 10.0. The van der Waals surface area contributed by atoms with Crippen molar-refractivity contribution in [3.05, 3.63) is 36.0 Å². The molecule has 0 amide bonds. The van der Waals surface area contributed by atoms with Crippen molar-refractivity contribution in [2.24, 2.45) is 0 Å². The van der Waals surface area contributed by atoms with Crippen LogP contribution in [0, 0.1) is 6.92 Å². The van der Waals surface area contributed by atoms with E-state index in [4.69, 9.17) is 9.47 Å². The number of hydrogen-bond donors (Lipinski definition) is 0. The quantitative estimate of drug-likeness (QED) is 0.693. The number of aryl methyl sites for hydroxylation is 1. The molecule has 0 N–H and O–H groups in total. The van der Waals surface area contributed by atoms with Gasteiger partial charge >= 0.3 is 0 Å². The topological polar surface area (TPSA) is 35.8 Å². The Morgan fingerprint density at radius 2 is 1.72 bits per heavy atom. The van der Waals surface area contributed by atoms with Crippen LogP contribution in [0.3, 0.4) is 0 Å². The van der Waals surface area contributed by atoms with Gasteiger partial charge in [-0.2, -0.15) is 5.10 Å². The number of fused-ring (bicyclic) bond motifs is 2. The summed E-state index contributed by atoms with van der Waals surface area (Å²) >= 11 is 0. The predicted molar refractivity (Wildman–Crippen MR) is 70.5 cm³/mol. The molecule has 2 aromatic heterocycles. The summed E-state index contributed by atoms with van der Waals surface area (Å²) in [6.45, 7) is 2.03. The van der Waals surface area contributed by atoms with E-state index in [2.05, 4.69) is 23.3 Å². The van der Waals surface area contributed by atoms with Gasteiger partial charge in [0.1, 0.15) is 0 Å². The Hall–Kier alpha value is -2.23. The van der Waals surface area contributed by atoms with Crippen molar-refractivity contribution < 1.29 is 9.47 Å². The molecule has 0 atom stereocenters. The first kappa shape index (κ1) is 10.9. The van der Waals surface area contributed by atoms with Crippen molar-refractivity contribution in [1.29, 1.82) is 0 Å². The minimum absolute atomic E-state index is 0.696. The Morgan fingerprint density at radius 3 is 2.44 bits per heavy atom. The molecule has 1 aromatic carbocycles. The van der Waals surface area contributed by atoms with Crippen LogP contribution in [-0.2, 0) is 0 Å². The predicted octanol–water partition coefficient (Wildman–Crippen LogP) is 2.81. The Labute approximate surface area is 105 Å². The standard InChI is InChI=1S/C14H14N2O2/c1-9-4-5-11-6-10-7-13(17-2)14(18-3)8-12(10)15-16(9)11/h4-8H,1-3H3. The molecule has 0 aliphatic carbocycles. The maximum absolute atomic E-state index is 5.30. The van der Waals surface area contributed by atoms with Crippen LogP contribution in [0.15, 0.2) is 30.3 Å². The molecule has 2 heterocycles. The normalized spacial score (nSPS) is 11.1. The molecule has 4 heteroatoms. The van der Waals surface area contributed by atoms with Gasteiger partial charge in [0.25, 0.3) is 0 Å². The second kappa shape index (κ2) is 3.91. The van der Waals surface area contributed by atoms with E-state index >= 15 is 0 Å². The third kappa shape index (κ3) is 1.49. The average molecular weight is 242 g/mol. The number of hydrogen-bond acceptors (Lipinski definition) is 3. The highest BCUT2D eigenvalue weighted by Gasteiger charge is 2.08. The zero-order chi connectivity index (χ0) is 12.7. The Balaban J connectivity index is 2.37. The van der Waals surface area contributed by atoms with E-state index in [1.54, 1.807) is 14.2 Å². The van der Waals surface area contributed by atoms with Crippen molar-refractivity contribution in [1.82, 2.24) is 9.61 Å². The fourth-order valence-electron chi connectivity index (χ4n) is 2.15. The van der Waals surface area contributed by atoms with Crippen LogP contribution in [0.2, 0.25) is 0 Å². The number of methoxy groups -OCH3 is 2. The number of rotatable bonds is 2. The lowest BCUT2D eigenvalue weighted by atomic mass is 10.2. The largest absolute Gasteiger partial charge is 0.493 e. The summed E-state index contributed by atoms with van der Waals surface area (Å²) in [5, 5.41) is 5.64. The molecule has 0 saturated carbocycles. The van der Waals surface area contributed by atoms with Crippen molar-refractivity contribution >= 4 is 16.4 Å². The molecule has 0 fully saturated rings. The summed E-state index contributed by atoms with van der Waals surface area (Å²) in [6.07, 6.45) is 0. The molecular weight excluding hydrogens is 228 g/mol. The second-order valence-electron chi connectivity index (χ2n) is 4.22. The lowest BCUT2D eigenvalue weighted by molar-refractivity contribution is 0.355. The highest BCUT2D eigenvalue weighted by molar-refractivity contribution is 5.85. The zero-order valence-electron chi connectivity index (χ0n) is 10.6. The van der Waals surface area contributed by atoms with E-state index in [-0.39, 0.29) is 0 Å². The minimum atomic E-state index is 0.696. The summed E-state index contributed by atoms with van der Waals surface area (Å²) in [5.41, 5.74) is 3.08. The first-order valence-corrected chi connectivity index (χ1v) is 5.74. The molecule has 18 heavy (non-hydrogen) atoms. The number of nitrogens with zero attached hydrogens (tertiary/aromatic N) is 2. The van der Waals surface area contributed by atoms with Crippen LogP contribution < -0.4 is 9.47 Å². The third-order valence-electron chi connectivity index (χ3n) is 3.12. The molecule has 0 aliphatic rings. The molecule has 3 rings (SSSR count). The first-order valence-electron chi connectivity index (χ1n) is 5.74. The highest BCUT2D eigenvalue weighted by Crippen LogP contribution is 2.31. The van der Waals surface area contributed by atoms with Crippen molar-refractivity contribution in [2.75, 3.05) is 14.2 Å². The van der Waals surface area contributed by atoms with Gasteiger partial charge in [-0.3, -0.25) is 0 Å². The molecule has 0 saturated heterocycles. The first-order chi connectivity index (χ1) is 8.72. The molecule has 3 aromatic rings. The molecule has 4 nitrogen and oxygen atoms in total. The van der Waals surface area contributed by atoms with Gasteiger partial charge in [0.05, 0.1) is 25.3 Å². The van der Waals surface area contributed by atoms with E-state index in [1.807, 2.05) is 23.6 Å². The van der Waals surface area contributed by atoms with Gasteiger partial charge in [-0.05, 0) is 31.2 Å². The Bertz CT molecular complexity index is 731. The van der Waals surface area contributed by atoms with Crippen LogP contribution in [0.1, 0.15) is 5.69 Å². The highest BCUT2D eigenvalue weighted by atomic mass is 16.5. The maximum Gasteiger partial charge on any atom is 0.162 e. The average Bonchev–Trinajstić information content (AvgIpc) is 2.75. The van der Waals surface area contributed by atoms with Crippen LogP contribution >= 0.6 is 0 Å². The fourth-order valence-corrected chi connectivity index (χ4v) is 2.15. The smallest absolute Gasteiger partial charge is 0.162 e. The van der Waals surface area contributed by atoms with Crippen molar-refractivity contribution in [3.8, 4) is 11.5 Å². The fraction of sp³-hybridized carbons (Fsp3) is 0.214. The van der Waals surface area contributed by atoms with E-state index in [0.29, 0.717) is 5.75 Å². The van der Waals surface area contributed by atoms with Gasteiger partial charge in [0.2, 0.25) is 0 Å². The molecule has 0 bridgehead atoms. The van der Waals surface area contributed by atoms with E-state index < -0.39 is 0 Å². The molecule has 92 valence electrons. The van der Waals surface area contributed by atoms with Crippen LogP contribution in [0.5, 0.6) is 11.5 Å². The van der Waals surface area contributed by atoms with Crippen LogP contribution in [0.25, 0.3) is 16.4 Å². The molecular formula is C14H14N2O2. The summed E-state index contributed by atoms with van der Waals surface area (Å²) in [7, 11) is 3.26. The summed E-state index contributed by atoms with van der Waals surface area (Å²) < 4.78 is 12.5. The van der Waals surface area contributed by atoms with E-state index in [0.717, 1.165) is 27.9 Å². The monoisotopic (exact) mass is 242 g/mol. The summed E-state index contributed by atoms with van der Waals surface area (Å²) in [4.78, 5) is 0. The molecule has 0 spiro atoms. The van der Waals surface area contributed by atoms with Crippen molar-refractivity contribution in [2.45, 2.75) is 6.92 Å². The Kier molecular flexibility index (Phi) is 2.37. The summed E-state index contributed by atoms with van der Waals surface area (Å²) in [5.74, 6) is 1.42. The third-order valence-corrected chi connectivity index (χ3v) is 3.12. The van der Waals surface area contributed by atoms with E-state index in [9.17, 15) is 0 Å². The minimum Gasteiger partial charge on any atom is -0.493 e. The molecule has 0 aliphatic heterocycles. The van der Waals surface area contributed by atoms with Crippen LogP contribution in [0.4, 0.5) is 0 Å². The van der Waals surface area contributed by atoms with Crippen LogP contribution in [-0.4, -0.2) is 23.8 Å². The number of ether oxygens (including phenoxy) is 2. The SMILES string of the molecule is COc1cc2cc3ccc(C)n3nc2cc1OC. The van der Waals surface area contributed by atoms with Gasteiger partial charge in [0, 0.05) is 17.1 Å². The number of aromatic nitrogens is 2. The van der Waals surface area contributed by atoms with Crippen molar-refractivity contribution in [3.63, 3.8) is 0 Å². The lowest BCUT2D eigenvalue weighted by Gasteiger charge is -2.09. The van der Waals surface area contributed by atoms with Gasteiger partial charge in [-0.15, -0.1) is 0 Å². The second-order valence-corrected chi connectivity index (χ2v) is 4.22. The maximum atomic E-state index is 5.30. The van der Waals surface area contributed by atoms with Gasteiger partial charge in [0.15, 0.2) is 11.5 Å². The van der Waals surface area contributed by atoms with E-state index in [1.165, 1.54) is 0 Å². The van der Waals surface area contributed by atoms with Gasteiger partial charge < -0.3 is 9.47 Å². The number of benzene rings is 1. The zero-order valence-corrected chi connectivity index (χ0v) is 10.6. The van der Waals surface area contributed by atoms with Gasteiger partial charge in [-0.25, -0.2) is 4.52 Å². The van der Waals surface area contributed by atoms with Gasteiger partial charge in [-0.1, -0.05) is 0 Å². The lowest BCUT2D eigenvalue weighted by Crippen LogP contribution is -1.96.